The van der Waals surface area contributed by atoms with Gasteiger partial charge >= 0.3 is 0 Å². The molecular weight excluding hydrogens is 224 g/mol. The molecule has 0 amide bonds. The molecule has 86 valence electrons. The Morgan fingerprint density at radius 3 is 2.31 bits per heavy atom. The molecule has 0 radical (unpaired) electrons. The van der Waals surface area contributed by atoms with E-state index in [1.54, 1.807) is 0 Å². The van der Waals surface area contributed by atoms with Gasteiger partial charge in [0, 0.05) is 5.02 Å². The first-order valence-electron chi connectivity index (χ1n) is 5.64. The van der Waals surface area contributed by atoms with Crippen LogP contribution in [0.5, 0.6) is 0 Å². The second-order valence-electron chi connectivity index (χ2n) is 4.26. The normalized spacial score (nSPS) is 25.1. The topological polar surface area (TPSA) is 26.3 Å². The molecule has 0 atom stereocenters. The average Bonchev–Trinajstić information content (AvgIpc) is 2.32. The molecule has 1 aliphatic carbocycles. The van der Waals surface area contributed by atoms with E-state index in [1.165, 1.54) is 5.56 Å². The predicted octanol–water partition coefficient (Wildman–Crippen LogP) is 3.54. The minimum Gasteiger partial charge on any atom is -0.465 e. The summed E-state index contributed by atoms with van der Waals surface area (Å²) in [6.07, 6.45) is 4.22. The summed E-state index contributed by atoms with van der Waals surface area (Å²) in [5, 5.41) is 0.779. The number of hydrogen-bond donors (Lipinski definition) is 0. The van der Waals surface area contributed by atoms with E-state index in [2.05, 4.69) is 12.1 Å². The molecule has 1 aromatic rings. The van der Waals surface area contributed by atoms with Crippen LogP contribution < -0.4 is 0 Å². The van der Waals surface area contributed by atoms with Crippen molar-refractivity contribution in [2.75, 3.05) is 0 Å². The number of ether oxygens (including phenoxy) is 1. The van der Waals surface area contributed by atoms with E-state index < -0.39 is 0 Å². The highest BCUT2D eigenvalue weighted by atomic mass is 35.5. The van der Waals surface area contributed by atoms with Gasteiger partial charge in [0.25, 0.3) is 6.47 Å². The van der Waals surface area contributed by atoms with Crippen LogP contribution in [0.15, 0.2) is 24.3 Å². The largest absolute Gasteiger partial charge is 0.465 e. The summed E-state index contributed by atoms with van der Waals surface area (Å²) >= 11 is 5.86. The molecule has 16 heavy (non-hydrogen) atoms. The summed E-state index contributed by atoms with van der Waals surface area (Å²) in [5.74, 6) is 0.587. The van der Waals surface area contributed by atoms with Crippen molar-refractivity contribution in [3.05, 3.63) is 34.9 Å². The Hall–Kier alpha value is -1.02. The lowest BCUT2D eigenvalue weighted by Gasteiger charge is -2.27. The quantitative estimate of drug-likeness (QED) is 0.753. The SMILES string of the molecule is O=COC1CCC(c2ccc(Cl)cc2)CC1. The second kappa shape index (κ2) is 5.35. The standard InChI is InChI=1S/C13H15ClO2/c14-12-5-1-10(2-6-12)11-3-7-13(8-4-11)16-9-15/h1-2,5-6,9,11,13H,3-4,7-8H2. The highest BCUT2D eigenvalue weighted by molar-refractivity contribution is 6.30. The van der Waals surface area contributed by atoms with Crippen molar-refractivity contribution in [1.29, 1.82) is 0 Å². The van der Waals surface area contributed by atoms with Crippen LogP contribution in [-0.4, -0.2) is 12.6 Å². The number of carbonyl (C=O) groups excluding carboxylic acids is 1. The van der Waals surface area contributed by atoms with E-state index in [4.69, 9.17) is 16.3 Å². The summed E-state index contributed by atoms with van der Waals surface area (Å²) < 4.78 is 4.98. The van der Waals surface area contributed by atoms with Crippen molar-refractivity contribution in [1.82, 2.24) is 0 Å². The molecule has 1 saturated carbocycles. The van der Waals surface area contributed by atoms with Gasteiger partial charge in [-0.1, -0.05) is 23.7 Å². The summed E-state index contributed by atoms with van der Waals surface area (Å²) in [6, 6.07) is 8.05. The number of hydrogen-bond acceptors (Lipinski definition) is 2. The van der Waals surface area contributed by atoms with Gasteiger partial charge < -0.3 is 4.74 Å². The molecule has 2 nitrogen and oxygen atoms in total. The van der Waals surface area contributed by atoms with Gasteiger partial charge in [-0.2, -0.15) is 0 Å². The number of halogens is 1. The zero-order valence-electron chi connectivity index (χ0n) is 9.06. The van der Waals surface area contributed by atoms with E-state index in [0.29, 0.717) is 12.4 Å². The number of rotatable bonds is 3. The highest BCUT2D eigenvalue weighted by Crippen LogP contribution is 2.34. The molecule has 0 unspecified atom stereocenters. The van der Waals surface area contributed by atoms with Gasteiger partial charge in [0.2, 0.25) is 0 Å². The summed E-state index contributed by atoms with van der Waals surface area (Å²) in [4.78, 5) is 10.2. The zero-order valence-corrected chi connectivity index (χ0v) is 9.82. The maximum Gasteiger partial charge on any atom is 0.293 e. The molecule has 1 fully saturated rings. The van der Waals surface area contributed by atoms with Gasteiger partial charge in [-0.05, 0) is 49.3 Å². The second-order valence-corrected chi connectivity index (χ2v) is 4.69. The van der Waals surface area contributed by atoms with Crippen LogP contribution in [0.3, 0.4) is 0 Å². The maximum atomic E-state index is 10.2. The third-order valence-corrected chi connectivity index (χ3v) is 3.52. The fraction of sp³-hybridized carbons (Fsp3) is 0.462. The van der Waals surface area contributed by atoms with Gasteiger partial charge in [-0.25, -0.2) is 0 Å². The van der Waals surface area contributed by atoms with Gasteiger partial charge in [-0.3, -0.25) is 4.79 Å². The molecule has 1 aromatic carbocycles. The van der Waals surface area contributed by atoms with Crippen molar-refractivity contribution in [3.63, 3.8) is 0 Å². The van der Waals surface area contributed by atoms with Crippen molar-refractivity contribution < 1.29 is 9.53 Å². The molecule has 0 heterocycles. The van der Waals surface area contributed by atoms with Gasteiger partial charge in [0.15, 0.2) is 0 Å². The van der Waals surface area contributed by atoms with Crippen LogP contribution in [0.2, 0.25) is 5.02 Å². The predicted molar refractivity (Wildman–Crippen MR) is 63.6 cm³/mol. The number of carbonyl (C=O) groups is 1. The lowest BCUT2D eigenvalue weighted by Crippen LogP contribution is -2.20. The Bertz CT molecular complexity index is 339. The highest BCUT2D eigenvalue weighted by Gasteiger charge is 2.22. The van der Waals surface area contributed by atoms with E-state index in [1.807, 2.05) is 12.1 Å². The fourth-order valence-electron chi connectivity index (χ4n) is 2.35. The third-order valence-electron chi connectivity index (χ3n) is 3.26. The molecule has 0 spiro atoms. The van der Waals surface area contributed by atoms with Crippen molar-refractivity contribution >= 4 is 18.1 Å². The summed E-state index contributed by atoms with van der Waals surface area (Å²) in [6.45, 7) is 0.563. The molecule has 0 N–H and O–H groups in total. The Morgan fingerprint density at radius 2 is 1.75 bits per heavy atom. The Morgan fingerprint density at radius 1 is 1.12 bits per heavy atom. The van der Waals surface area contributed by atoms with E-state index >= 15 is 0 Å². The average molecular weight is 239 g/mol. The molecule has 2 rings (SSSR count). The van der Waals surface area contributed by atoms with Crippen LogP contribution in [0.25, 0.3) is 0 Å². The Kier molecular flexibility index (Phi) is 3.83. The van der Waals surface area contributed by atoms with Gasteiger partial charge in [-0.15, -0.1) is 0 Å². The lowest BCUT2D eigenvalue weighted by atomic mass is 9.83. The van der Waals surface area contributed by atoms with E-state index in [-0.39, 0.29) is 6.10 Å². The van der Waals surface area contributed by atoms with Gasteiger partial charge in [0.1, 0.15) is 6.10 Å². The monoisotopic (exact) mass is 238 g/mol. The van der Waals surface area contributed by atoms with Crippen LogP contribution in [0, 0.1) is 0 Å². The first-order valence-corrected chi connectivity index (χ1v) is 6.02. The fourth-order valence-corrected chi connectivity index (χ4v) is 2.47. The van der Waals surface area contributed by atoms with Crippen molar-refractivity contribution in [2.45, 2.75) is 37.7 Å². The molecule has 0 aromatic heterocycles. The van der Waals surface area contributed by atoms with Crippen LogP contribution in [0.1, 0.15) is 37.2 Å². The summed E-state index contributed by atoms with van der Waals surface area (Å²) in [7, 11) is 0. The maximum absolute atomic E-state index is 10.2. The molecule has 0 aliphatic heterocycles. The molecule has 0 saturated heterocycles. The number of benzene rings is 1. The lowest BCUT2D eigenvalue weighted by molar-refractivity contribution is -0.135. The smallest absolute Gasteiger partial charge is 0.293 e. The van der Waals surface area contributed by atoms with Gasteiger partial charge in [0.05, 0.1) is 0 Å². The third kappa shape index (κ3) is 2.76. The summed E-state index contributed by atoms with van der Waals surface area (Å²) in [5.41, 5.74) is 1.34. The molecule has 0 bridgehead atoms. The first kappa shape index (κ1) is 11.5. The first-order chi connectivity index (χ1) is 7.79. The Balaban J connectivity index is 1.93. The van der Waals surface area contributed by atoms with E-state index in [9.17, 15) is 4.79 Å². The minimum absolute atomic E-state index is 0.126. The van der Waals surface area contributed by atoms with E-state index in [0.717, 1.165) is 30.7 Å². The van der Waals surface area contributed by atoms with Crippen LogP contribution >= 0.6 is 11.6 Å². The van der Waals surface area contributed by atoms with Crippen molar-refractivity contribution in [2.24, 2.45) is 0 Å². The molecular formula is C13H15ClO2. The minimum atomic E-state index is 0.126. The molecule has 3 heteroatoms. The van der Waals surface area contributed by atoms with Crippen LogP contribution in [0.4, 0.5) is 0 Å². The molecule has 1 aliphatic rings. The Labute approximate surface area is 101 Å². The van der Waals surface area contributed by atoms with Crippen LogP contribution in [-0.2, 0) is 9.53 Å². The van der Waals surface area contributed by atoms with Crippen molar-refractivity contribution in [3.8, 4) is 0 Å². The zero-order chi connectivity index (χ0) is 11.4.